The quantitative estimate of drug-likeness (QED) is 0.510. The highest BCUT2D eigenvalue weighted by atomic mass is 79.9. The van der Waals surface area contributed by atoms with Crippen molar-refractivity contribution in [1.29, 1.82) is 0 Å². The van der Waals surface area contributed by atoms with Gasteiger partial charge in [0.2, 0.25) is 0 Å². The predicted molar refractivity (Wildman–Crippen MR) is 135 cm³/mol. The monoisotopic (exact) mass is 551 g/mol. The number of ether oxygens (including phenoxy) is 3. The Hall–Kier alpha value is -2.43. The minimum Gasteiger partial charge on any atom is -0.493 e. The second kappa shape index (κ2) is 11.3. The van der Waals surface area contributed by atoms with Gasteiger partial charge in [-0.1, -0.05) is 12.2 Å². The van der Waals surface area contributed by atoms with Crippen LogP contribution in [0.2, 0.25) is 0 Å². The summed E-state index contributed by atoms with van der Waals surface area (Å²) in [7, 11) is 1.56. The summed E-state index contributed by atoms with van der Waals surface area (Å²) in [5.74, 6) is 0.653. The zero-order valence-electron chi connectivity index (χ0n) is 19.0. The van der Waals surface area contributed by atoms with E-state index in [4.69, 9.17) is 26.4 Å². The molecule has 7 nitrogen and oxygen atoms in total. The highest BCUT2D eigenvalue weighted by Gasteiger charge is 2.23. The number of rotatable bonds is 6. The Bertz CT molecular complexity index is 1030. The number of amides is 1. The highest BCUT2D eigenvalue weighted by Crippen LogP contribution is 2.37. The lowest BCUT2D eigenvalue weighted by atomic mass is 10.1. The topological polar surface area (TPSA) is 54.5 Å². The van der Waals surface area contributed by atoms with Crippen LogP contribution in [0.15, 0.2) is 40.9 Å². The third-order valence-corrected chi connectivity index (χ3v) is 7.02. The Labute approximate surface area is 212 Å². The van der Waals surface area contributed by atoms with Crippen molar-refractivity contribution in [1.82, 2.24) is 9.80 Å². The van der Waals surface area contributed by atoms with Crippen LogP contribution in [-0.2, 0) is 9.53 Å². The molecule has 4 rings (SSSR count). The zero-order valence-corrected chi connectivity index (χ0v) is 21.4. The number of carbonyl (C=O) groups excluding carboxylic acids is 1. The lowest BCUT2D eigenvalue weighted by molar-refractivity contribution is -0.137. The number of nitrogens with zero attached hydrogens (tertiary/aromatic N) is 3. The molecule has 0 aromatic heterocycles. The fourth-order valence-corrected chi connectivity index (χ4v) is 4.88. The standard InChI is InChI=1S/C24H27BrFN3O4S/c1-31-21-15-17(14-20(25)23(21)33-16-22(30)28-10-12-32-13-11-28)24(34)29-8-6-27(7-9-29)19-4-2-18(26)3-5-19/h2-5,14-15H,6-13,16H2,1H3. The lowest BCUT2D eigenvalue weighted by Gasteiger charge is -2.37. The number of morpholine rings is 1. The van der Waals surface area contributed by atoms with E-state index < -0.39 is 0 Å². The molecular formula is C24H27BrFN3O4S. The molecule has 0 radical (unpaired) electrons. The Balaban J connectivity index is 1.39. The van der Waals surface area contributed by atoms with Gasteiger partial charge in [-0.2, -0.15) is 0 Å². The molecule has 0 atom stereocenters. The maximum atomic E-state index is 13.2. The average Bonchev–Trinajstić information content (AvgIpc) is 2.88. The van der Waals surface area contributed by atoms with Crippen molar-refractivity contribution < 1.29 is 23.4 Å². The fourth-order valence-electron chi connectivity index (χ4n) is 4.02. The fraction of sp³-hybridized carbons (Fsp3) is 0.417. The van der Waals surface area contributed by atoms with Crippen molar-refractivity contribution in [2.24, 2.45) is 0 Å². The van der Waals surface area contributed by atoms with Gasteiger partial charge in [0.05, 0.1) is 24.8 Å². The van der Waals surface area contributed by atoms with E-state index in [1.807, 2.05) is 12.1 Å². The molecule has 2 aromatic carbocycles. The largest absolute Gasteiger partial charge is 0.493 e. The molecule has 2 heterocycles. The third-order valence-electron chi connectivity index (χ3n) is 5.94. The van der Waals surface area contributed by atoms with E-state index in [1.54, 1.807) is 24.1 Å². The van der Waals surface area contributed by atoms with Crippen LogP contribution in [0.4, 0.5) is 10.1 Å². The average molecular weight is 552 g/mol. The number of thiocarbonyl (C=S) groups is 1. The first-order valence-corrected chi connectivity index (χ1v) is 12.3. The first-order valence-electron chi connectivity index (χ1n) is 11.1. The Kier molecular flexibility index (Phi) is 8.23. The number of hydrogen-bond acceptors (Lipinski definition) is 6. The molecule has 182 valence electrons. The molecule has 0 saturated carbocycles. The van der Waals surface area contributed by atoms with Gasteiger partial charge >= 0.3 is 0 Å². The van der Waals surface area contributed by atoms with Crippen molar-refractivity contribution in [2.75, 3.05) is 71.1 Å². The van der Waals surface area contributed by atoms with Crippen molar-refractivity contribution in [3.8, 4) is 11.5 Å². The molecule has 0 aliphatic carbocycles. The molecular weight excluding hydrogens is 525 g/mol. The first-order chi connectivity index (χ1) is 16.5. The van der Waals surface area contributed by atoms with E-state index in [9.17, 15) is 9.18 Å². The van der Waals surface area contributed by atoms with Crippen LogP contribution in [0, 0.1) is 5.82 Å². The summed E-state index contributed by atoms with van der Waals surface area (Å²) in [5.41, 5.74) is 1.84. The summed E-state index contributed by atoms with van der Waals surface area (Å²) in [5, 5.41) is 0. The molecule has 2 saturated heterocycles. The van der Waals surface area contributed by atoms with Gasteiger partial charge in [0, 0.05) is 50.5 Å². The van der Waals surface area contributed by atoms with Crippen molar-refractivity contribution in [3.05, 3.63) is 52.3 Å². The van der Waals surface area contributed by atoms with E-state index in [1.165, 1.54) is 12.1 Å². The Morgan fingerprint density at radius 2 is 1.74 bits per heavy atom. The van der Waals surface area contributed by atoms with Crippen LogP contribution in [0.3, 0.4) is 0 Å². The van der Waals surface area contributed by atoms with Gasteiger partial charge in [0.25, 0.3) is 5.91 Å². The summed E-state index contributed by atoms with van der Waals surface area (Å²) in [4.78, 5) is 19.3. The Morgan fingerprint density at radius 1 is 1.06 bits per heavy atom. The number of hydrogen-bond donors (Lipinski definition) is 0. The summed E-state index contributed by atoms with van der Waals surface area (Å²) >= 11 is 9.34. The Morgan fingerprint density at radius 3 is 2.38 bits per heavy atom. The van der Waals surface area contributed by atoms with Crippen molar-refractivity contribution in [2.45, 2.75) is 0 Å². The minimum atomic E-state index is -0.235. The molecule has 0 bridgehead atoms. The zero-order chi connectivity index (χ0) is 24.1. The maximum absolute atomic E-state index is 13.2. The third kappa shape index (κ3) is 5.79. The molecule has 2 aromatic rings. The number of benzene rings is 2. The van der Waals surface area contributed by atoms with Gasteiger partial charge in [0.15, 0.2) is 18.1 Å². The van der Waals surface area contributed by atoms with Crippen LogP contribution >= 0.6 is 28.1 Å². The summed E-state index contributed by atoms with van der Waals surface area (Å²) in [6.45, 7) is 5.23. The summed E-state index contributed by atoms with van der Waals surface area (Å²) in [6, 6.07) is 10.3. The molecule has 0 N–H and O–H groups in total. The van der Waals surface area contributed by atoms with Gasteiger partial charge in [0.1, 0.15) is 10.8 Å². The molecule has 2 aliphatic heterocycles. The smallest absolute Gasteiger partial charge is 0.260 e. The maximum Gasteiger partial charge on any atom is 0.260 e. The highest BCUT2D eigenvalue weighted by molar-refractivity contribution is 9.10. The van der Waals surface area contributed by atoms with E-state index in [2.05, 4.69) is 25.7 Å². The van der Waals surface area contributed by atoms with Crippen molar-refractivity contribution >= 4 is 44.7 Å². The number of anilines is 1. The van der Waals surface area contributed by atoms with E-state index in [-0.39, 0.29) is 18.3 Å². The van der Waals surface area contributed by atoms with Gasteiger partial charge in [-0.05, 0) is 52.3 Å². The molecule has 34 heavy (non-hydrogen) atoms. The normalized spacial score (nSPS) is 16.4. The van der Waals surface area contributed by atoms with Crippen LogP contribution in [0.25, 0.3) is 0 Å². The van der Waals surface area contributed by atoms with E-state index >= 15 is 0 Å². The number of carbonyl (C=O) groups is 1. The SMILES string of the molecule is COc1cc(C(=S)N2CCN(c3ccc(F)cc3)CC2)cc(Br)c1OCC(=O)N1CCOCC1. The summed E-state index contributed by atoms with van der Waals surface area (Å²) in [6.07, 6.45) is 0. The van der Waals surface area contributed by atoms with Crippen LogP contribution in [0.5, 0.6) is 11.5 Å². The lowest BCUT2D eigenvalue weighted by Crippen LogP contribution is -2.48. The van der Waals surface area contributed by atoms with Gasteiger partial charge in [-0.3, -0.25) is 4.79 Å². The van der Waals surface area contributed by atoms with Gasteiger partial charge in [-0.25, -0.2) is 4.39 Å². The molecule has 0 unspecified atom stereocenters. The molecule has 10 heteroatoms. The van der Waals surface area contributed by atoms with Gasteiger partial charge < -0.3 is 28.9 Å². The minimum absolute atomic E-state index is 0.0793. The predicted octanol–water partition coefficient (Wildman–Crippen LogP) is 3.33. The number of methoxy groups -OCH3 is 1. The van der Waals surface area contributed by atoms with E-state index in [0.29, 0.717) is 47.3 Å². The molecule has 2 aliphatic rings. The van der Waals surface area contributed by atoms with Crippen LogP contribution in [0.1, 0.15) is 5.56 Å². The second-order valence-corrected chi connectivity index (χ2v) is 9.27. The first kappa shape index (κ1) is 24.7. The molecule has 1 amide bonds. The van der Waals surface area contributed by atoms with E-state index in [0.717, 1.165) is 37.4 Å². The van der Waals surface area contributed by atoms with Crippen LogP contribution in [-0.4, -0.2) is 86.9 Å². The van der Waals surface area contributed by atoms with Crippen LogP contribution < -0.4 is 14.4 Å². The number of piperazine rings is 1. The number of halogens is 2. The second-order valence-electron chi connectivity index (χ2n) is 8.03. The summed E-state index contributed by atoms with van der Waals surface area (Å²) < 4.78 is 30.6. The van der Waals surface area contributed by atoms with Gasteiger partial charge in [-0.15, -0.1) is 0 Å². The van der Waals surface area contributed by atoms with Crippen molar-refractivity contribution in [3.63, 3.8) is 0 Å². The molecule has 0 spiro atoms. The molecule has 2 fully saturated rings.